The molecule has 0 fully saturated rings. The summed E-state index contributed by atoms with van der Waals surface area (Å²) in [4.78, 5) is 24.6. The van der Waals surface area contributed by atoms with Crippen LogP contribution < -0.4 is 14.4 Å². The van der Waals surface area contributed by atoms with Gasteiger partial charge in [0, 0.05) is 17.5 Å². The van der Waals surface area contributed by atoms with Crippen LogP contribution in [0.2, 0.25) is 0 Å². The maximum Gasteiger partial charge on any atom is 0.241 e. The maximum absolute atomic E-state index is 12.9. The Morgan fingerprint density at radius 2 is 1.90 bits per heavy atom. The van der Waals surface area contributed by atoms with Crippen LogP contribution >= 0.6 is 0 Å². The minimum Gasteiger partial charge on any atom is -0.487 e. The molecule has 0 spiro atoms. The molecule has 7 nitrogen and oxygen atoms in total. The third-order valence-electron chi connectivity index (χ3n) is 5.19. The molecule has 1 amide bonds. The summed E-state index contributed by atoms with van der Waals surface area (Å²) in [6.07, 6.45) is 1.59. The van der Waals surface area contributed by atoms with Gasteiger partial charge in [-0.15, -0.1) is 0 Å². The first-order valence-electron chi connectivity index (χ1n) is 10.0. The van der Waals surface area contributed by atoms with E-state index in [1.54, 1.807) is 18.2 Å². The first kappa shape index (κ1) is 22.8. The quantitative estimate of drug-likeness (QED) is 0.690. The van der Waals surface area contributed by atoms with Gasteiger partial charge in [0.15, 0.2) is 5.78 Å². The van der Waals surface area contributed by atoms with E-state index in [-0.39, 0.29) is 24.1 Å². The third kappa shape index (κ3) is 5.44. The highest BCUT2D eigenvalue weighted by molar-refractivity contribution is 7.92. The summed E-state index contributed by atoms with van der Waals surface area (Å²) in [5, 5.41) is 2.98. The van der Waals surface area contributed by atoms with Crippen LogP contribution in [0.3, 0.4) is 0 Å². The van der Waals surface area contributed by atoms with E-state index in [4.69, 9.17) is 4.74 Å². The number of Topliss-reactive ketones (excluding diaryl/α,β-unsaturated/α-hetero) is 1. The molecule has 0 aliphatic carbocycles. The number of ether oxygens (including phenoxy) is 1. The fraction of sp³-hybridized carbons (Fsp3) is 0.391. The number of rotatable bonds is 6. The lowest BCUT2D eigenvalue weighted by atomic mass is 9.89. The topological polar surface area (TPSA) is 92.8 Å². The SMILES string of the molecule is CC(=O)c1cccc(N(CC(=O)NC2CC(C)(C)Oc3ccc(C)cc32)S(C)(=O)=O)c1. The van der Waals surface area contributed by atoms with Gasteiger partial charge in [-0.2, -0.15) is 0 Å². The molecule has 1 aliphatic heterocycles. The number of sulfonamides is 1. The third-order valence-corrected chi connectivity index (χ3v) is 6.33. The summed E-state index contributed by atoms with van der Waals surface area (Å²) in [5.41, 5.74) is 2.08. The fourth-order valence-electron chi connectivity index (χ4n) is 3.75. The smallest absolute Gasteiger partial charge is 0.241 e. The summed E-state index contributed by atoms with van der Waals surface area (Å²) >= 11 is 0. The van der Waals surface area contributed by atoms with E-state index in [0.29, 0.717) is 17.7 Å². The van der Waals surface area contributed by atoms with Gasteiger partial charge >= 0.3 is 0 Å². The van der Waals surface area contributed by atoms with Crippen molar-refractivity contribution in [3.05, 3.63) is 59.2 Å². The molecule has 31 heavy (non-hydrogen) atoms. The van der Waals surface area contributed by atoms with Crippen molar-refractivity contribution in [2.75, 3.05) is 17.1 Å². The number of carbonyl (C=O) groups is 2. The molecule has 1 N–H and O–H groups in total. The van der Waals surface area contributed by atoms with Gasteiger partial charge in [-0.3, -0.25) is 13.9 Å². The minimum absolute atomic E-state index is 0.184. The number of hydrogen-bond donors (Lipinski definition) is 1. The highest BCUT2D eigenvalue weighted by atomic mass is 32.2. The van der Waals surface area contributed by atoms with Crippen LogP contribution in [0.5, 0.6) is 5.75 Å². The van der Waals surface area contributed by atoms with E-state index in [9.17, 15) is 18.0 Å². The zero-order valence-corrected chi connectivity index (χ0v) is 19.2. The number of amides is 1. The lowest BCUT2D eigenvalue weighted by Crippen LogP contribution is -2.45. The van der Waals surface area contributed by atoms with E-state index in [1.807, 2.05) is 39.0 Å². The van der Waals surface area contributed by atoms with Crippen LogP contribution in [0, 0.1) is 6.92 Å². The van der Waals surface area contributed by atoms with Gasteiger partial charge in [0.05, 0.1) is 18.0 Å². The van der Waals surface area contributed by atoms with Gasteiger partial charge in [0.1, 0.15) is 17.9 Å². The number of hydrogen-bond acceptors (Lipinski definition) is 5. The van der Waals surface area contributed by atoms with Crippen molar-refractivity contribution in [3.8, 4) is 5.75 Å². The van der Waals surface area contributed by atoms with Gasteiger partial charge in [-0.25, -0.2) is 8.42 Å². The van der Waals surface area contributed by atoms with E-state index in [0.717, 1.165) is 21.7 Å². The Balaban J connectivity index is 1.86. The summed E-state index contributed by atoms with van der Waals surface area (Å²) in [6.45, 7) is 6.88. The molecule has 1 heterocycles. The number of fused-ring (bicyclic) bond motifs is 1. The monoisotopic (exact) mass is 444 g/mol. The first-order valence-corrected chi connectivity index (χ1v) is 11.9. The van der Waals surface area contributed by atoms with E-state index >= 15 is 0 Å². The molecule has 166 valence electrons. The lowest BCUT2D eigenvalue weighted by Gasteiger charge is -2.38. The molecule has 0 saturated heterocycles. The Bertz CT molecular complexity index is 1120. The van der Waals surface area contributed by atoms with Crippen molar-refractivity contribution < 1.29 is 22.7 Å². The van der Waals surface area contributed by atoms with Crippen molar-refractivity contribution in [1.29, 1.82) is 0 Å². The first-order chi connectivity index (χ1) is 14.4. The van der Waals surface area contributed by atoms with Gasteiger partial charge in [0.25, 0.3) is 0 Å². The lowest BCUT2D eigenvalue weighted by molar-refractivity contribution is -0.120. The number of ketones is 1. The number of nitrogens with zero attached hydrogens (tertiary/aromatic N) is 1. The Kier molecular flexibility index (Phi) is 6.14. The second-order valence-electron chi connectivity index (χ2n) is 8.60. The predicted octanol–water partition coefficient (Wildman–Crippen LogP) is 3.38. The average molecular weight is 445 g/mol. The molecule has 3 rings (SSSR count). The summed E-state index contributed by atoms with van der Waals surface area (Å²) in [5.74, 6) is 0.0891. The summed E-state index contributed by atoms with van der Waals surface area (Å²) < 4.78 is 31.9. The largest absolute Gasteiger partial charge is 0.487 e. The molecule has 0 radical (unpaired) electrons. The molecule has 1 atom stereocenters. The van der Waals surface area contributed by atoms with Gasteiger partial charge < -0.3 is 10.1 Å². The van der Waals surface area contributed by atoms with Crippen LogP contribution in [0.15, 0.2) is 42.5 Å². The molecular weight excluding hydrogens is 416 g/mol. The average Bonchev–Trinajstić information content (AvgIpc) is 2.65. The van der Waals surface area contributed by atoms with Crippen molar-refractivity contribution in [2.24, 2.45) is 0 Å². The second-order valence-corrected chi connectivity index (χ2v) is 10.5. The minimum atomic E-state index is -3.75. The molecule has 0 aromatic heterocycles. The zero-order chi connectivity index (χ0) is 23.0. The van der Waals surface area contributed by atoms with E-state index in [1.165, 1.54) is 13.0 Å². The Labute approximate surface area is 183 Å². The predicted molar refractivity (Wildman–Crippen MR) is 120 cm³/mol. The van der Waals surface area contributed by atoms with Crippen molar-refractivity contribution >= 4 is 27.4 Å². The van der Waals surface area contributed by atoms with Crippen molar-refractivity contribution in [2.45, 2.75) is 45.8 Å². The molecule has 8 heteroatoms. The molecule has 0 saturated carbocycles. The Morgan fingerprint density at radius 1 is 1.19 bits per heavy atom. The molecule has 1 unspecified atom stereocenters. The molecule has 1 aliphatic rings. The number of benzene rings is 2. The van der Waals surface area contributed by atoms with Crippen molar-refractivity contribution in [1.82, 2.24) is 5.32 Å². The van der Waals surface area contributed by atoms with Crippen LogP contribution in [0.25, 0.3) is 0 Å². The van der Waals surface area contributed by atoms with Crippen LogP contribution in [0.1, 0.15) is 54.7 Å². The summed E-state index contributed by atoms with van der Waals surface area (Å²) in [7, 11) is -3.75. The number of aryl methyl sites for hydroxylation is 1. The normalized spacial score (nSPS) is 17.3. The van der Waals surface area contributed by atoms with E-state index < -0.39 is 21.5 Å². The number of anilines is 1. The molecular formula is C23H28N2O5S. The molecule has 0 bridgehead atoms. The highest BCUT2D eigenvalue weighted by Gasteiger charge is 2.35. The molecule has 2 aromatic carbocycles. The molecule has 2 aromatic rings. The highest BCUT2D eigenvalue weighted by Crippen LogP contribution is 2.39. The van der Waals surface area contributed by atoms with Gasteiger partial charge in [-0.1, -0.05) is 29.8 Å². The maximum atomic E-state index is 12.9. The van der Waals surface area contributed by atoms with Crippen LogP contribution in [-0.2, 0) is 14.8 Å². The van der Waals surface area contributed by atoms with Crippen molar-refractivity contribution in [3.63, 3.8) is 0 Å². The standard InChI is InChI=1S/C23H28N2O5S/c1-15-9-10-21-19(11-15)20(13-23(3,4)30-21)24-22(27)14-25(31(5,28)29)18-8-6-7-17(12-18)16(2)26/h6-12,20H,13-14H2,1-5H3,(H,24,27). The number of carbonyl (C=O) groups excluding carboxylic acids is 2. The summed E-state index contributed by atoms with van der Waals surface area (Å²) in [6, 6.07) is 11.8. The van der Waals surface area contributed by atoms with E-state index in [2.05, 4.69) is 5.32 Å². The Morgan fingerprint density at radius 3 is 2.55 bits per heavy atom. The van der Waals surface area contributed by atoms with Crippen LogP contribution in [-0.4, -0.2) is 38.5 Å². The Hall–Kier alpha value is -2.87. The second kappa shape index (κ2) is 8.34. The number of nitrogens with one attached hydrogen (secondary N) is 1. The fourth-order valence-corrected chi connectivity index (χ4v) is 4.60. The van der Waals surface area contributed by atoms with Gasteiger partial charge in [-0.05, 0) is 45.9 Å². The zero-order valence-electron chi connectivity index (χ0n) is 18.4. The van der Waals surface area contributed by atoms with Crippen LogP contribution in [0.4, 0.5) is 5.69 Å². The van der Waals surface area contributed by atoms with Gasteiger partial charge in [0.2, 0.25) is 15.9 Å².